The Balaban J connectivity index is 3.85. The monoisotopic (exact) mass is 600 g/mol. The van der Waals surface area contributed by atoms with E-state index in [1.165, 1.54) is 38.5 Å². The summed E-state index contributed by atoms with van der Waals surface area (Å²) in [6.45, 7) is 3.83. The zero-order valence-corrected chi connectivity index (χ0v) is 27.0. The van der Waals surface area contributed by atoms with E-state index in [9.17, 15) is 19.8 Å². The Morgan fingerprint density at radius 3 is 1.95 bits per heavy atom. The quantitative estimate of drug-likeness (QED) is 0.0403. The molecule has 244 valence electrons. The predicted octanol–water partition coefficient (Wildman–Crippen LogP) is 8.80. The third-order valence-electron chi connectivity index (χ3n) is 6.61. The van der Waals surface area contributed by atoms with Gasteiger partial charge in [0.2, 0.25) is 0 Å². The van der Waals surface area contributed by atoms with Crippen LogP contribution < -0.4 is 0 Å². The van der Waals surface area contributed by atoms with Crippen LogP contribution in [0.5, 0.6) is 0 Å². The molecule has 0 aliphatic carbocycles. The van der Waals surface area contributed by atoms with Crippen LogP contribution in [0.3, 0.4) is 0 Å². The summed E-state index contributed by atoms with van der Waals surface area (Å²) in [4.78, 5) is 24.0. The minimum Gasteiger partial charge on any atom is -0.462 e. The van der Waals surface area contributed by atoms with Crippen LogP contribution in [0.4, 0.5) is 0 Å². The van der Waals surface area contributed by atoms with E-state index in [1.807, 2.05) is 36.5 Å². The molecule has 0 radical (unpaired) electrons. The highest BCUT2D eigenvalue weighted by molar-refractivity contribution is 5.70. The van der Waals surface area contributed by atoms with Gasteiger partial charge in [0.05, 0.1) is 12.7 Å². The molecule has 0 aromatic heterocycles. The van der Waals surface area contributed by atoms with Crippen molar-refractivity contribution in [1.29, 1.82) is 0 Å². The maximum Gasteiger partial charge on any atom is 0.306 e. The maximum atomic E-state index is 12.0. The molecule has 0 aromatic carbocycles. The number of carbonyl (C=O) groups excluding carboxylic acids is 2. The number of carbonyl (C=O) groups is 2. The molecule has 0 saturated carbocycles. The number of aliphatic hydroxyl groups excluding tert-OH is 2. The smallest absolute Gasteiger partial charge is 0.306 e. The minimum atomic E-state index is -0.814. The molecule has 0 fully saturated rings. The lowest BCUT2D eigenvalue weighted by Gasteiger charge is -2.15. The van der Waals surface area contributed by atoms with E-state index in [1.54, 1.807) is 6.08 Å². The van der Waals surface area contributed by atoms with Gasteiger partial charge in [0.15, 0.2) is 6.10 Å². The average molecular weight is 601 g/mol. The topological polar surface area (TPSA) is 93.1 Å². The van der Waals surface area contributed by atoms with Crippen molar-refractivity contribution in [1.82, 2.24) is 0 Å². The first-order valence-electron chi connectivity index (χ1n) is 16.6. The number of rotatable bonds is 28. The molecule has 1 unspecified atom stereocenters. The van der Waals surface area contributed by atoms with Crippen LogP contribution in [0.15, 0.2) is 72.9 Å². The molecular weight excluding hydrogens is 540 g/mol. The summed E-state index contributed by atoms with van der Waals surface area (Å²) in [5, 5.41) is 19.4. The van der Waals surface area contributed by atoms with Gasteiger partial charge in [0.1, 0.15) is 6.61 Å². The van der Waals surface area contributed by atoms with Gasteiger partial charge in [-0.05, 0) is 44.9 Å². The van der Waals surface area contributed by atoms with Crippen LogP contribution in [0.25, 0.3) is 0 Å². The fraction of sp³-hybridized carbons (Fsp3) is 0.622. The molecule has 2 N–H and O–H groups in total. The van der Waals surface area contributed by atoms with Crippen molar-refractivity contribution in [2.24, 2.45) is 0 Å². The summed E-state index contributed by atoms with van der Waals surface area (Å²) in [6, 6.07) is 0. The molecule has 0 heterocycles. The molecule has 6 nitrogen and oxygen atoms in total. The lowest BCUT2D eigenvalue weighted by Crippen LogP contribution is -2.28. The van der Waals surface area contributed by atoms with Gasteiger partial charge in [-0.3, -0.25) is 9.59 Å². The molecule has 0 aliphatic heterocycles. The van der Waals surface area contributed by atoms with Gasteiger partial charge in [-0.15, -0.1) is 0 Å². The second kappa shape index (κ2) is 32.2. The average Bonchev–Trinajstić information content (AvgIpc) is 3.00. The molecule has 2 atom stereocenters. The van der Waals surface area contributed by atoms with E-state index < -0.39 is 12.2 Å². The van der Waals surface area contributed by atoms with Crippen LogP contribution in [-0.2, 0) is 19.1 Å². The van der Waals surface area contributed by atoms with Crippen molar-refractivity contribution in [2.45, 2.75) is 135 Å². The molecule has 43 heavy (non-hydrogen) atoms. The minimum absolute atomic E-state index is 0.124. The molecule has 0 rings (SSSR count). The first-order chi connectivity index (χ1) is 21.0. The van der Waals surface area contributed by atoms with E-state index in [4.69, 9.17) is 9.47 Å². The van der Waals surface area contributed by atoms with Gasteiger partial charge in [-0.25, -0.2) is 0 Å². The van der Waals surface area contributed by atoms with Gasteiger partial charge in [-0.1, -0.05) is 138 Å². The van der Waals surface area contributed by atoms with E-state index in [-0.39, 0.29) is 31.6 Å². The van der Waals surface area contributed by atoms with Crippen LogP contribution in [0, 0.1) is 0 Å². The predicted molar refractivity (Wildman–Crippen MR) is 179 cm³/mol. The maximum absolute atomic E-state index is 12.0. The summed E-state index contributed by atoms with van der Waals surface area (Å²) in [6.07, 6.45) is 38.6. The van der Waals surface area contributed by atoms with Gasteiger partial charge in [0.25, 0.3) is 0 Å². The van der Waals surface area contributed by atoms with Crippen molar-refractivity contribution in [3.05, 3.63) is 72.9 Å². The van der Waals surface area contributed by atoms with Crippen LogP contribution >= 0.6 is 0 Å². The van der Waals surface area contributed by atoms with Crippen molar-refractivity contribution in [3.8, 4) is 0 Å². The van der Waals surface area contributed by atoms with Gasteiger partial charge in [-0.2, -0.15) is 0 Å². The van der Waals surface area contributed by atoms with Gasteiger partial charge >= 0.3 is 11.9 Å². The highest BCUT2D eigenvalue weighted by Crippen LogP contribution is 2.11. The summed E-state index contributed by atoms with van der Waals surface area (Å²) in [5.74, 6) is -0.730. The summed E-state index contributed by atoms with van der Waals surface area (Å²) in [7, 11) is 0. The Labute approximate surface area is 262 Å². The van der Waals surface area contributed by atoms with Crippen molar-refractivity contribution >= 4 is 11.9 Å². The number of esters is 2. The second-order valence-electron chi connectivity index (χ2n) is 10.7. The number of ether oxygens (including phenoxy) is 2. The Morgan fingerprint density at radius 1 is 0.674 bits per heavy atom. The first kappa shape index (κ1) is 40.3. The zero-order valence-electron chi connectivity index (χ0n) is 27.0. The molecule has 0 bridgehead atoms. The van der Waals surface area contributed by atoms with E-state index in [0.717, 1.165) is 44.9 Å². The van der Waals surface area contributed by atoms with Crippen molar-refractivity contribution in [3.63, 3.8) is 0 Å². The molecule has 0 aliphatic rings. The number of unbranched alkanes of at least 4 members (excludes halogenated alkanes) is 8. The molecule has 0 spiro atoms. The Bertz CT molecular complexity index is 836. The fourth-order valence-electron chi connectivity index (χ4n) is 4.07. The Kier molecular flexibility index (Phi) is 30.2. The molecule has 0 aromatic rings. The fourth-order valence-corrected chi connectivity index (χ4v) is 4.07. The van der Waals surface area contributed by atoms with Crippen LogP contribution in [0.2, 0.25) is 0 Å². The first-order valence-corrected chi connectivity index (χ1v) is 16.6. The Morgan fingerprint density at radius 2 is 1.28 bits per heavy atom. The SMILES string of the molecule is CC/C=C\C/C=C\CC(O)/C=C/C=C\C/C=C\C/C=C\CCC(=O)OC[C@H](CO)OC(=O)CCCCCCCCCCC. The normalized spacial score (nSPS) is 13.9. The highest BCUT2D eigenvalue weighted by Gasteiger charge is 2.15. The molecule has 0 saturated heterocycles. The lowest BCUT2D eigenvalue weighted by atomic mass is 10.1. The molecule has 6 heteroatoms. The standard InChI is InChI=1S/C37H60O6/c1-3-5-7-9-11-14-19-23-27-31-37(41)43-35(32-38)33-42-36(40)30-26-22-18-16-13-12-15-17-21-25-29-34(39)28-24-20-10-8-6-4-2/h6,8,12-13,17-18,20-22,24-25,29,34-35,38-39H,3-5,7,9-11,14-16,19,23,26-28,30-33H2,1-2H3/b8-6-,13-12-,21-17-,22-18-,24-20-,29-25+/t34?,35-/m0/s1. The molecule has 0 amide bonds. The number of allylic oxidation sites excluding steroid dienone is 10. The lowest BCUT2D eigenvalue weighted by molar-refractivity contribution is -0.161. The van der Waals surface area contributed by atoms with Gasteiger partial charge < -0.3 is 19.7 Å². The summed E-state index contributed by atoms with van der Waals surface area (Å²) in [5.41, 5.74) is 0. The van der Waals surface area contributed by atoms with Crippen molar-refractivity contribution in [2.75, 3.05) is 13.2 Å². The summed E-state index contributed by atoms with van der Waals surface area (Å²) < 4.78 is 10.4. The number of aliphatic hydroxyl groups is 2. The van der Waals surface area contributed by atoms with Crippen molar-refractivity contribution < 1.29 is 29.3 Å². The largest absolute Gasteiger partial charge is 0.462 e. The zero-order chi connectivity index (χ0) is 31.6. The summed E-state index contributed by atoms with van der Waals surface area (Å²) >= 11 is 0. The van der Waals surface area contributed by atoms with E-state index in [0.29, 0.717) is 19.3 Å². The third-order valence-corrected chi connectivity index (χ3v) is 6.61. The van der Waals surface area contributed by atoms with Gasteiger partial charge in [0, 0.05) is 12.8 Å². The second-order valence-corrected chi connectivity index (χ2v) is 10.7. The third kappa shape index (κ3) is 30.6. The number of hydrogen-bond donors (Lipinski definition) is 2. The van der Waals surface area contributed by atoms with E-state index in [2.05, 4.69) is 44.2 Å². The van der Waals surface area contributed by atoms with Crippen LogP contribution in [-0.4, -0.2) is 47.6 Å². The van der Waals surface area contributed by atoms with E-state index >= 15 is 0 Å². The Hall–Kier alpha value is -2.70. The highest BCUT2D eigenvalue weighted by atomic mass is 16.6. The van der Waals surface area contributed by atoms with Crippen LogP contribution in [0.1, 0.15) is 123 Å². The number of hydrogen-bond acceptors (Lipinski definition) is 6. The molecular formula is C37H60O6.